The van der Waals surface area contributed by atoms with Crippen LogP contribution < -0.4 is 0 Å². The summed E-state index contributed by atoms with van der Waals surface area (Å²) >= 11 is 0. The van der Waals surface area contributed by atoms with Crippen LogP contribution in [0.2, 0.25) is 0 Å². The fourth-order valence-corrected chi connectivity index (χ4v) is 4.20. The highest BCUT2D eigenvalue weighted by Crippen LogP contribution is 2.34. The summed E-state index contributed by atoms with van der Waals surface area (Å²) in [6.45, 7) is 1.87. The van der Waals surface area contributed by atoms with E-state index < -0.39 is 10.8 Å². The van der Waals surface area contributed by atoms with Gasteiger partial charge in [0, 0.05) is 10.3 Å². The van der Waals surface area contributed by atoms with Crippen LogP contribution >= 0.6 is 0 Å². The first kappa shape index (κ1) is 14.9. The highest BCUT2D eigenvalue weighted by molar-refractivity contribution is 7.85. The minimum absolute atomic E-state index is 0.706. The summed E-state index contributed by atoms with van der Waals surface area (Å²) in [5.74, 6) is 0.706. The summed E-state index contributed by atoms with van der Waals surface area (Å²) in [4.78, 5) is 1.54. The van der Waals surface area contributed by atoms with E-state index >= 15 is 0 Å². The van der Waals surface area contributed by atoms with Crippen molar-refractivity contribution in [1.29, 1.82) is 0 Å². The van der Waals surface area contributed by atoms with Gasteiger partial charge in [0.15, 0.2) is 0 Å². The molecule has 0 saturated heterocycles. The van der Waals surface area contributed by atoms with E-state index in [1.54, 1.807) is 0 Å². The minimum atomic E-state index is -1.26. The summed E-state index contributed by atoms with van der Waals surface area (Å²) < 4.78 is 18.9. The molecule has 0 saturated carbocycles. The molecule has 2 nitrogen and oxygen atoms in total. The van der Waals surface area contributed by atoms with Gasteiger partial charge in [-0.05, 0) is 42.3 Å². The van der Waals surface area contributed by atoms with Gasteiger partial charge >= 0.3 is 0 Å². The fraction of sp³-hybridized carbons (Fsp3) is 0.0476. The summed E-state index contributed by atoms with van der Waals surface area (Å²) in [5.41, 5.74) is 3.00. The average molecular weight is 332 g/mol. The second kappa shape index (κ2) is 6.10. The Morgan fingerprint density at radius 2 is 1.46 bits per heavy atom. The van der Waals surface area contributed by atoms with Crippen molar-refractivity contribution in [3.63, 3.8) is 0 Å². The number of furan rings is 1. The molecule has 0 radical (unpaired) electrons. The standard InChI is InChI=1S/C21H16O2S/c1-15-21(24(22)18-10-6-3-7-11-18)19-14-17(12-13-20(19)23-15)16-8-4-2-5-9-16/h2-14H,1H3/t24-/m0/s1. The number of hydrogen-bond acceptors (Lipinski definition) is 2. The van der Waals surface area contributed by atoms with Crippen LogP contribution in [0.15, 0.2) is 93.1 Å². The first-order chi connectivity index (χ1) is 11.7. The zero-order chi connectivity index (χ0) is 16.5. The topological polar surface area (TPSA) is 30.2 Å². The summed E-state index contributed by atoms with van der Waals surface area (Å²) in [5, 5.41) is 0.913. The normalized spacial score (nSPS) is 12.4. The van der Waals surface area contributed by atoms with Gasteiger partial charge in [0.25, 0.3) is 0 Å². The van der Waals surface area contributed by atoms with E-state index in [9.17, 15) is 4.21 Å². The van der Waals surface area contributed by atoms with Crippen molar-refractivity contribution in [3.05, 3.63) is 84.6 Å². The predicted molar refractivity (Wildman–Crippen MR) is 97.5 cm³/mol. The molecule has 0 aliphatic carbocycles. The number of hydrogen-bond donors (Lipinski definition) is 0. The summed E-state index contributed by atoms with van der Waals surface area (Å²) in [7, 11) is -1.26. The van der Waals surface area contributed by atoms with Gasteiger partial charge in [-0.2, -0.15) is 0 Å². The molecular formula is C21H16O2S. The van der Waals surface area contributed by atoms with Crippen LogP contribution in [0.3, 0.4) is 0 Å². The van der Waals surface area contributed by atoms with Gasteiger partial charge in [-0.15, -0.1) is 0 Å². The molecule has 1 heterocycles. The molecule has 4 rings (SSSR count). The van der Waals surface area contributed by atoms with Crippen molar-refractivity contribution in [1.82, 2.24) is 0 Å². The van der Waals surface area contributed by atoms with Crippen molar-refractivity contribution < 1.29 is 8.63 Å². The van der Waals surface area contributed by atoms with Crippen LogP contribution in [-0.4, -0.2) is 4.21 Å². The summed E-state index contributed by atoms with van der Waals surface area (Å²) in [6, 6.07) is 25.7. The van der Waals surface area contributed by atoms with E-state index in [0.29, 0.717) is 5.76 Å². The molecule has 0 aliphatic heterocycles. The van der Waals surface area contributed by atoms with E-state index in [1.165, 1.54) is 0 Å². The zero-order valence-corrected chi connectivity index (χ0v) is 14.0. The largest absolute Gasteiger partial charge is 0.460 e. The first-order valence-electron chi connectivity index (χ1n) is 7.79. The van der Waals surface area contributed by atoms with E-state index in [2.05, 4.69) is 18.2 Å². The third kappa shape index (κ3) is 2.57. The Labute approximate surface area is 143 Å². The molecule has 1 atom stereocenters. The minimum Gasteiger partial charge on any atom is -0.460 e. The molecule has 3 aromatic carbocycles. The van der Waals surface area contributed by atoms with Crippen molar-refractivity contribution in [3.8, 4) is 11.1 Å². The van der Waals surface area contributed by atoms with Crippen LogP contribution in [0.1, 0.15) is 5.76 Å². The lowest BCUT2D eigenvalue weighted by Crippen LogP contribution is -1.93. The highest BCUT2D eigenvalue weighted by atomic mass is 32.2. The maximum absolute atomic E-state index is 13.0. The number of fused-ring (bicyclic) bond motifs is 1. The lowest BCUT2D eigenvalue weighted by atomic mass is 10.0. The van der Waals surface area contributed by atoms with Crippen LogP contribution in [0.5, 0.6) is 0 Å². The molecule has 118 valence electrons. The second-order valence-corrected chi connectivity index (χ2v) is 7.06. The lowest BCUT2D eigenvalue weighted by molar-refractivity contribution is 0.566. The van der Waals surface area contributed by atoms with Crippen LogP contribution in [-0.2, 0) is 10.8 Å². The summed E-state index contributed by atoms with van der Waals surface area (Å²) in [6.07, 6.45) is 0. The van der Waals surface area contributed by atoms with Crippen molar-refractivity contribution >= 4 is 21.8 Å². The smallest absolute Gasteiger partial charge is 0.135 e. The molecule has 0 spiro atoms. The molecule has 0 fully saturated rings. The van der Waals surface area contributed by atoms with Gasteiger partial charge in [-0.3, -0.25) is 0 Å². The molecule has 4 aromatic rings. The maximum Gasteiger partial charge on any atom is 0.135 e. The molecule has 0 unspecified atom stereocenters. The molecular weight excluding hydrogens is 316 g/mol. The van der Waals surface area contributed by atoms with Crippen molar-refractivity contribution in [2.24, 2.45) is 0 Å². The molecule has 1 aromatic heterocycles. The number of aryl methyl sites for hydroxylation is 1. The Balaban J connectivity index is 1.89. The van der Waals surface area contributed by atoms with E-state index in [-0.39, 0.29) is 0 Å². The SMILES string of the molecule is Cc1oc2ccc(-c3ccccc3)cc2c1[S@@](=O)c1ccccc1. The molecule has 0 N–H and O–H groups in total. The Bertz CT molecular complexity index is 1020. The molecule has 0 bridgehead atoms. The number of benzene rings is 3. The predicted octanol–water partition coefficient (Wildman–Crippen LogP) is 5.57. The first-order valence-corrected chi connectivity index (χ1v) is 8.94. The van der Waals surface area contributed by atoms with Gasteiger partial charge in [0.05, 0.1) is 15.7 Å². The monoisotopic (exact) mass is 332 g/mol. The Morgan fingerprint density at radius 3 is 2.17 bits per heavy atom. The number of rotatable bonds is 3. The zero-order valence-electron chi connectivity index (χ0n) is 13.2. The van der Waals surface area contributed by atoms with Gasteiger partial charge < -0.3 is 4.42 Å². The van der Waals surface area contributed by atoms with Gasteiger partial charge in [0.2, 0.25) is 0 Å². The van der Waals surface area contributed by atoms with Crippen LogP contribution in [0.4, 0.5) is 0 Å². The van der Waals surface area contributed by atoms with E-state index in [1.807, 2.05) is 67.6 Å². The Hall–Kier alpha value is -2.65. The highest BCUT2D eigenvalue weighted by Gasteiger charge is 2.19. The van der Waals surface area contributed by atoms with Gasteiger partial charge in [-0.25, -0.2) is 4.21 Å². The van der Waals surface area contributed by atoms with Crippen LogP contribution in [0.25, 0.3) is 22.1 Å². The molecule has 0 aliphatic rings. The van der Waals surface area contributed by atoms with Crippen molar-refractivity contribution in [2.45, 2.75) is 16.7 Å². The quantitative estimate of drug-likeness (QED) is 0.490. The van der Waals surface area contributed by atoms with Gasteiger partial charge in [0.1, 0.15) is 11.3 Å². The van der Waals surface area contributed by atoms with E-state index in [4.69, 9.17) is 4.42 Å². The third-order valence-corrected chi connectivity index (χ3v) is 5.64. The Kier molecular flexibility index (Phi) is 3.79. The Morgan fingerprint density at radius 1 is 0.792 bits per heavy atom. The molecule has 24 heavy (non-hydrogen) atoms. The van der Waals surface area contributed by atoms with Gasteiger partial charge in [-0.1, -0.05) is 54.6 Å². The third-order valence-electron chi connectivity index (χ3n) is 4.06. The average Bonchev–Trinajstić information content (AvgIpc) is 2.97. The molecule has 0 amide bonds. The lowest BCUT2D eigenvalue weighted by Gasteiger charge is -2.04. The fourth-order valence-electron chi connectivity index (χ4n) is 2.90. The maximum atomic E-state index is 13.0. The van der Waals surface area contributed by atoms with Crippen molar-refractivity contribution in [2.75, 3.05) is 0 Å². The second-order valence-electron chi connectivity index (χ2n) is 5.65. The van der Waals surface area contributed by atoms with E-state index in [0.717, 1.165) is 31.9 Å². The molecule has 3 heteroatoms. The van der Waals surface area contributed by atoms with Crippen LogP contribution in [0, 0.1) is 6.92 Å².